The molecule has 0 bridgehead atoms. The van der Waals surface area contributed by atoms with E-state index in [4.69, 9.17) is 4.80 Å². The van der Waals surface area contributed by atoms with Crippen LogP contribution < -0.4 is 0 Å². The van der Waals surface area contributed by atoms with Gasteiger partial charge in [0.15, 0.2) is 17.4 Å². The minimum Gasteiger partial charge on any atom is -1.00 e. The smallest absolute Gasteiger partial charge is 1.00 e. The van der Waals surface area contributed by atoms with Gasteiger partial charge in [-0.2, -0.15) is 0 Å². The predicted molar refractivity (Wildman–Crippen MR) is 38.2 cm³/mol. The molecule has 0 spiro atoms. The van der Waals surface area contributed by atoms with Gasteiger partial charge in [-0.05, 0) is 6.92 Å². The maximum Gasteiger partial charge on any atom is 2.00 e. The molecule has 0 rings (SSSR count). The molecule has 46 valence electrons. The first-order valence-electron chi connectivity index (χ1n) is 1.63. The largest absolute Gasteiger partial charge is 2.00 e. The van der Waals surface area contributed by atoms with Crippen LogP contribution in [0, 0.1) is 0 Å². The third kappa shape index (κ3) is 15.8. The molecular weight excluding hydrogens is 151 g/mol. The quantitative estimate of drug-likeness (QED) is 0.482. The van der Waals surface area contributed by atoms with Gasteiger partial charge in [0.1, 0.15) is 0 Å². The van der Waals surface area contributed by atoms with Gasteiger partial charge in [-0.3, -0.25) is 4.46 Å². The Hall–Kier alpha value is 0.916. The molecule has 0 radical (unpaired) electrons. The van der Waals surface area contributed by atoms with Crippen LogP contribution in [-0.4, -0.2) is 61.0 Å². The molecule has 0 heterocycles. The van der Waals surface area contributed by atoms with E-state index in [2.05, 4.69) is 4.43 Å². The first kappa shape index (κ1) is 16.0. The van der Waals surface area contributed by atoms with E-state index in [0.717, 1.165) is 0 Å². The second kappa shape index (κ2) is 10.8. The van der Waals surface area contributed by atoms with Crippen LogP contribution in [0.1, 0.15) is 9.78 Å². The second-order valence-electron chi connectivity index (χ2n) is 0.699. The zero-order valence-corrected chi connectivity index (χ0v) is 6.59. The summed E-state index contributed by atoms with van der Waals surface area (Å²) in [5, 5.41) is 0. The van der Waals surface area contributed by atoms with Crippen molar-refractivity contribution in [3.05, 3.63) is 0 Å². The Kier molecular flexibility index (Phi) is 21.6. The van der Waals surface area contributed by atoms with Gasteiger partial charge in [0.25, 0.3) is 0 Å². The molecular formula is C2H11AlMgO3Si. The molecule has 0 unspecified atom stereocenters. The molecule has 0 atom stereocenters. The fourth-order valence-electron chi connectivity index (χ4n) is 0.123. The van der Waals surface area contributed by atoms with E-state index in [1.165, 1.54) is 0 Å². The molecule has 0 fully saturated rings. The van der Waals surface area contributed by atoms with Crippen LogP contribution in [0.3, 0.4) is 0 Å². The van der Waals surface area contributed by atoms with E-state index in [1.54, 1.807) is 6.92 Å². The molecule has 0 saturated carbocycles. The van der Waals surface area contributed by atoms with Crippen molar-refractivity contribution in [1.82, 2.24) is 0 Å². The van der Waals surface area contributed by atoms with E-state index in [0.29, 0.717) is 6.61 Å². The molecule has 3 nitrogen and oxygen atoms in total. The van der Waals surface area contributed by atoms with Crippen LogP contribution in [-0.2, 0) is 8.89 Å². The van der Waals surface area contributed by atoms with Crippen molar-refractivity contribution in [3.63, 3.8) is 0 Å². The molecule has 6 heteroatoms. The minimum absolute atomic E-state index is 0. The standard InChI is InChI=1S/C2H6O3Si.Al.Mg.5H/c1-2-5-6(3)4;;;;;;;/h3H,2H2,1H3;;;;;;;/q;;+2;;;;2*-1. The molecule has 0 aromatic rings. The summed E-state index contributed by atoms with van der Waals surface area (Å²) in [7, 11) is -2.64. The first-order valence-corrected chi connectivity index (χ1v) is 2.89. The van der Waals surface area contributed by atoms with E-state index in [-0.39, 0.29) is 43.3 Å². The van der Waals surface area contributed by atoms with Crippen LogP contribution in [0.2, 0.25) is 0 Å². The van der Waals surface area contributed by atoms with Crippen molar-refractivity contribution in [2.75, 3.05) is 6.61 Å². The van der Waals surface area contributed by atoms with Gasteiger partial charge in [-0.25, -0.2) is 0 Å². The first-order chi connectivity index (χ1) is 2.77. The van der Waals surface area contributed by atoms with E-state index in [1.807, 2.05) is 0 Å². The third-order valence-electron chi connectivity index (χ3n) is 0.268. The topological polar surface area (TPSA) is 46.5 Å². The SMILES string of the molecule is CCO[Si](=O)O.[AlH3].[H-].[H-].[Mg+2]. The zero-order valence-electron chi connectivity index (χ0n) is 6.18. The summed E-state index contributed by atoms with van der Waals surface area (Å²) in [5.74, 6) is 0. The predicted octanol–water partition coefficient (Wildman–Crippen LogP) is -1.91. The molecule has 0 amide bonds. The van der Waals surface area contributed by atoms with Crippen molar-refractivity contribution in [3.8, 4) is 0 Å². The third-order valence-corrected chi connectivity index (χ3v) is 0.803. The molecule has 0 aliphatic carbocycles. The Labute approximate surface area is 79.6 Å². The fourth-order valence-corrected chi connectivity index (χ4v) is 0.370. The molecule has 0 aromatic carbocycles. The van der Waals surface area contributed by atoms with Crippen LogP contribution in [0.4, 0.5) is 0 Å². The number of rotatable bonds is 2. The van der Waals surface area contributed by atoms with Gasteiger partial charge in [-0.15, -0.1) is 0 Å². The zero-order chi connectivity index (χ0) is 4.99. The normalized spacial score (nSPS) is 5.62. The van der Waals surface area contributed by atoms with Gasteiger partial charge in [0.2, 0.25) is 0 Å². The van der Waals surface area contributed by atoms with Gasteiger partial charge in [0.05, 0.1) is 6.61 Å². The van der Waals surface area contributed by atoms with Crippen molar-refractivity contribution in [1.29, 1.82) is 0 Å². The van der Waals surface area contributed by atoms with Crippen molar-refractivity contribution in [2.24, 2.45) is 0 Å². The van der Waals surface area contributed by atoms with Gasteiger partial charge in [0, 0.05) is 0 Å². The summed E-state index contributed by atoms with van der Waals surface area (Å²) >= 11 is 0. The van der Waals surface area contributed by atoms with Crippen molar-refractivity contribution < 1.29 is 16.5 Å². The van der Waals surface area contributed by atoms with Crippen LogP contribution in [0.5, 0.6) is 0 Å². The van der Waals surface area contributed by atoms with Gasteiger partial charge < -0.3 is 12.1 Å². The Morgan fingerprint density at radius 2 is 2.25 bits per heavy atom. The van der Waals surface area contributed by atoms with E-state index >= 15 is 0 Å². The molecule has 1 N–H and O–H groups in total. The van der Waals surface area contributed by atoms with Gasteiger partial charge in [-0.1, -0.05) is 0 Å². The summed E-state index contributed by atoms with van der Waals surface area (Å²) in [5.41, 5.74) is 0. The Balaban J connectivity index is -0.0000000208. The Morgan fingerprint density at radius 3 is 2.25 bits per heavy atom. The number of hydrogen-bond donors (Lipinski definition) is 1. The van der Waals surface area contributed by atoms with E-state index < -0.39 is 9.17 Å². The fraction of sp³-hybridized carbons (Fsp3) is 1.00. The minimum atomic E-state index is -2.64. The molecule has 0 aromatic heterocycles. The van der Waals surface area contributed by atoms with Crippen molar-refractivity contribution >= 4 is 49.6 Å². The summed E-state index contributed by atoms with van der Waals surface area (Å²) in [6.07, 6.45) is 0. The molecule has 0 saturated heterocycles. The summed E-state index contributed by atoms with van der Waals surface area (Å²) in [6.45, 7) is 1.98. The average molecular weight is 162 g/mol. The van der Waals surface area contributed by atoms with Crippen LogP contribution >= 0.6 is 0 Å². The molecule has 0 aliphatic heterocycles. The Morgan fingerprint density at radius 1 is 1.88 bits per heavy atom. The Bertz CT molecular complexity index is 68.5. The van der Waals surface area contributed by atoms with Gasteiger partial charge >= 0.3 is 32.2 Å². The number of hydrogen-bond acceptors (Lipinski definition) is 2. The second-order valence-corrected chi connectivity index (χ2v) is 1.52. The summed E-state index contributed by atoms with van der Waals surface area (Å²) < 4.78 is 13.7. The molecule has 8 heavy (non-hydrogen) atoms. The molecule has 0 aliphatic rings. The summed E-state index contributed by atoms with van der Waals surface area (Å²) in [4.78, 5) is 7.88. The maximum atomic E-state index is 9.56. The van der Waals surface area contributed by atoms with Crippen molar-refractivity contribution in [2.45, 2.75) is 6.92 Å². The maximum absolute atomic E-state index is 9.56. The summed E-state index contributed by atoms with van der Waals surface area (Å²) in [6, 6.07) is 0. The van der Waals surface area contributed by atoms with Crippen LogP contribution in [0.25, 0.3) is 0 Å². The van der Waals surface area contributed by atoms with Crippen LogP contribution in [0.15, 0.2) is 0 Å². The average Bonchev–Trinajstić information content (AvgIpc) is 1.35. The monoisotopic (exact) mass is 162 g/mol. The van der Waals surface area contributed by atoms with E-state index in [9.17, 15) is 4.46 Å².